The lowest BCUT2D eigenvalue weighted by Crippen LogP contribution is -2.11. The minimum Gasteiger partial charge on any atom is -0.497 e. The first-order valence-electron chi connectivity index (χ1n) is 8.14. The first-order valence-corrected chi connectivity index (χ1v) is 8.14. The van der Waals surface area contributed by atoms with E-state index in [4.69, 9.17) is 9.15 Å². The summed E-state index contributed by atoms with van der Waals surface area (Å²) in [6.45, 7) is 0. The van der Waals surface area contributed by atoms with Gasteiger partial charge in [0.1, 0.15) is 11.3 Å². The molecule has 0 aliphatic rings. The number of nitrogens with zero attached hydrogens (tertiary/aromatic N) is 1. The molecule has 0 atom stereocenters. The van der Waals surface area contributed by atoms with Crippen LogP contribution >= 0.6 is 0 Å². The van der Waals surface area contributed by atoms with Gasteiger partial charge in [-0.1, -0.05) is 18.2 Å². The molecule has 0 bridgehead atoms. The van der Waals surface area contributed by atoms with Crippen LogP contribution in [0.4, 0.5) is 5.69 Å². The van der Waals surface area contributed by atoms with E-state index in [1.807, 2.05) is 42.5 Å². The maximum atomic E-state index is 12.3. The minimum absolute atomic E-state index is 0.163. The van der Waals surface area contributed by atoms with E-state index in [1.54, 1.807) is 37.4 Å². The number of nitrogens with one attached hydrogen (secondary N) is 1. The first-order chi connectivity index (χ1) is 12.7. The summed E-state index contributed by atoms with van der Waals surface area (Å²) in [6, 6.07) is 22.0. The van der Waals surface area contributed by atoms with Crippen molar-refractivity contribution >= 4 is 22.7 Å². The summed E-state index contributed by atoms with van der Waals surface area (Å²) >= 11 is 0. The number of methoxy groups -OCH3 is 1. The molecule has 0 aliphatic carbocycles. The number of aromatic nitrogens is 1. The lowest BCUT2D eigenvalue weighted by atomic mass is 10.2. The van der Waals surface area contributed by atoms with Crippen molar-refractivity contribution in [3.8, 4) is 17.2 Å². The molecule has 0 unspecified atom stereocenters. The van der Waals surface area contributed by atoms with E-state index in [1.165, 1.54) is 0 Å². The molecule has 5 nitrogen and oxygen atoms in total. The predicted molar refractivity (Wildman–Crippen MR) is 100 cm³/mol. The van der Waals surface area contributed by atoms with Gasteiger partial charge in [-0.2, -0.15) is 0 Å². The molecule has 3 aromatic carbocycles. The largest absolute Gasteiger partial charge is 0.497 e. The Kier molecular flexibility index (Phi) is 4.11. The number of carbonyl (C=O) groups excluding carboxylic acids is 1. The van der Waals surface area contributed by atoms with Crippen molar-refractivity contribution in [1.29, 1.82) is 0 Å². The van der Waals surface area contributed by atoms with Crippen LogP contribution in [0.1, 0.15) is 10.4 Å². The molecule has 0 radical (unpaired) electrons. The zero-order chi connectivity index (χ0) is 17.9. The van der Waals surface area contributed by atoms with Gasteiger partial charge in [-0.25, -0.2) is 4.98 Å². The summed E-state index contributed by atoms with van der Waals surface area (Å²) in [5, 5.41) is 2.88. The number of fused-ring (bicyclic) bond motifs is 1. The molecule has 1 amide bonds. The highest BCUT2D eigenvalue weighted by atomic mass is 16.5. The number of rotatable bonds is 4. The second kappa shape index (κ2) is 6.72. The Morgan fingerprint density at radius 1 is 1.00 bits per heavy atom. The molecule has 1 aromatic heterocycles. The Hall–Kier alpha value is -3.60. The smallest absolute Gasteiger partial charge is 0.255 e. The Labute approximate surface area is 150 Å². The van der Waals surface area contributed by atoms with Crippen molar-refractivity contribution in [3.05, 3.63) is 78.4 Å². The third-order valence-electron chi connectivity index (χ3n) is 4.02. The second-order valence-electron chi connectivity index (χ2n) is 5.75. The highest BCUT2D eigenvalue weighted by Crippen LogP contribution is 2.27. The summed E-state index contributed by atoms with van der Waals surface area (Å²) in [5.41, 5.74) is 3.47. The maximum Gasteiger partial charge on any atom is 0.255 e. The minimum atomic E-state index is -0.163. The molecule has 0 aliphatic heterocycles. The van der Waals surface area contributed by atoms with Gasteiger partial charge in [0.2, 0.25) is 5.89 Å². The summed E-state index contributed by atoms with van der Waals surface area (Å²) in [4.78, 5) is 16.8. The molecule has 1 heterocycles. The average Bonchev–Trinajstić information content (AvgIpc) is 3.12. The number of hydrogen-bond donors (Lipinski definition) is 1. The molecule has 5 heteroatoms. The summed E-state index contributed by atoms with van der Waals surface area (Å²) in [5.74, 6) is 1.13. The summed E-state index contributed by atoms with van der Waals surface area (Å²) < 4.78 is 11.0. The predicted octanol–water partition coefficient (Wildman–Crippen LogP) is 4.76. The zero-order valence-corrected chi connectivity index (χ0v) is 14.1. The van der Waals surface area contributed by atoms with Gasteiger partial charge in [0.05, 0.1) is 7.11 Å². The van der Waals surface area contributed by atoms with E-state index >= 15 is 0 Å². The molecule has 1 N–H and O–H groups in total. The number of ether oxygens (including phenoxy) is 1. The SMILES string of the molecule is COc1ccc(-c2nc3cc(NC(=O)c4ccccc4)ccc3o2)cc1. The van der Waals surface area contributed by atoms with Gasteiger partial charge in [-0.05, 0) is 54.6 Å². The van der Waals surface area contributed by atoms with Crippen LogP contribution < -0.4 is 10.1 Å². The fraction of sp³-hybridized carbons (Fsp3) is 0.0476. The summed E-state index contributed by atoms with van der Waals surface area (Å²) in [6.07, 6.45) is 0. The van der Waals surface area contributed by atoms with Crippen molar-refractivity contribution in [1.82, 2.24) is 4.98 Å². The number of amides is 1. The van der Waals surface area contributed by atoms with E-state index in [2.05, 4.69) is 10.3 Å². The van der Waals surface area contributed by atoms with Gasteiger partial charge < -0.3 is 14.5 Å². The van der Waals surface area contributed by atoms with Crippen molar-refractivity contribution in [2.45, 2.75) is 0 Å². The quantitative estimate of drug-likeness (QED) is 0.580. The van der Waals surface area contributed by atoms with Crippen LogP contribution in [0.15, 0.2) is 77.2 Å². The zero-order valence-electron chi connectivity index (χ0n) is 14.1. The van der Waals surface area contributed by atoms with Gasteiger partial charge in [0, 0.05) is 16.8 Å². The number of hydrogen-bond acceptors (Lipinski definition) is 4. The van der Waals surface area contributed by atoms with Crippen LogP contribution in [-0.2, 0) is 0 Å². The first kappa shape index (κ1) is 15.9. The Morgan fingerprint density at radius 2 is 1.77 bits per heavy atom. The lowest BCUT2D eigenvalue weighted by Gasteiger charge is -2.04. The van der Waals surface area contributed by atoms with Crippen LogP contribution in [0.3, 0.4) is 0 Å². The Balaban J connectivity index is 1.60. The lowest BCUT2D eigenvalue weighted by molar-refractivity contribution is 0.102. The second-order valence-corrected chi connectivity index (χ2v) is 5.75. The van der Waals surface area contributed by atoms with Gasteiger partial charge in [-0.15, -0.1) is 0 Å². The Bertz CT molecular complexity index is 1050. The maximum absolute atomic E-state index is 12.3. The van der Waals surface area contributed by atoms with Crippen molar-refractivity contribution in [2.24, 2.45) is 0 Å². The van der Waals surface area contributed by atoms with E-state index in [0.29, 0.717) is 28.2 Å². The van der Waals surface area contributed by atoms with Crippen molar-refractivity contribution in [2.75, 3.05) is 12.4 Å². The Morgan fingerprint density at radius 3 is 2.50 bits per heavy atom. The third-order valence-corrected chi connectivity index (χ3v) is 4.02. The topological polar surface area (TPSA) is 64.4 Å². The number of benzene rings is 3. The molecule has 128 valence electrons. The van der Waals surface area contributed by atoms with Crippen LogP contribution in [-0.4, -0.2) is 18.0 Å². The van der Waals surface area contributed by atoms with Gasteiger partial charge in [-0.3, -0.25) is 4.79 Å². The van der Waals surface area contributed by atoms with Crippen LogP contribution in [0.5, 0.6) is 5.75 Å². The number of carbonyl (C=O) groups is 1. The van der Waals surface area contributed by atoms with Crippen molar-refractivity contribution < 1.29 is 13.9 Å². The van der Waals surface area contributed by atoms with Crippen molar-refractivity contribution in [3.63, 3.8) is 0 Å². The van der Waals surface area contributed by atoms with E-state index in [9.17, 15) is 4.79 Å². The fourth-order valence-corrected chi connectivity index (χ4v) is 2.66. The monoisotopic (exact) mass is 344 g/mol. The molecule has 0 saturated carbocycles. The fourth-order valence-electron chi connectivity index (χ4n) is 2.66. The average molecular weight is 344 g/mol. The standard InChI is InChI=1S/C21H16N2O3/c1-25-17-10-7-15(8-11-17)21-23-18-13-16(9-12-19(18)26-21)22-20(24)14-5-3-2-4-6-14/h2-13H,1H3,(H,22,24). The summed E-state index contributed by atoms with van der Waals surface area (Å²) in [7, 11) is 1.62. The molecular formula is C21H16N2O3. The molecular weight excluding hydrogens is 328 g/mol. The molecule has 0 fully saturated rings. The molecule has 0 saturated heterocycles. The molecule has 4 rings (SSSR count). The van der Waals surface area contributed by atoms with Crippen LogP contribution in [0, 0.1) is 0 Å². The number of anilines is 1. The molecule has 26 heavy (non-hydrogen) atoms. The highest BCUT2D eigenvalue weighted by molar-refractivity contribution is 6.04. The van der Waals surface area contributed by atoms with E-state index < -0.39 is 0 Å². The van der Waals surface area contributed by atoms with Gasteiger partial charge in [0.15, 0.2) is 5.58 Å². The van der Waals surface area contributed by atoms with Gasteiger partial charge >= 0.3 is 0 Å². The highest BCUT2D eigenvalue weighted by Gasteiger charge is 2.11. The molecule has 0 spiro atoms. The van der Waals surface area contributed by atoms with Crippen LogP contribution in [0.2, 0.25) is 0 Å². The third kappa shape index (κ3) is 3.15. The van der Waals surface area contributed by atoms with E-state index in [0.717, 1.165) is 11.3 Å². The normalized spacial score (nSPS) is 10.7. The van der Waals surface area contributed by atoms with Gasteiger partial charge in [0.25, 0.3) is 5.91 Å². The van der Waals surface area contributed by atoms with E-state index in [-0.39, 0.29) is 5.91 Å². The van der Waals surface area contributed by atoms with Crippen LogP contribution in [0.25, 0.3) is 22.6 Å². The number of oxazole rings is 1. The molecule has 4 aromatic rings.